The highest BCUT2D eigenvalue weighted by molar-refractivity contribution is 5.66. The third kappa shape index (κ3) is 4.49. The molecule has 1 nitrogen and oxygen atoms in total. The average molecular weight is 406 g/mol. The molecule has 0 aliphatic heterocycles. The van der Waals surface area contributed by atoms with E-state index in [1.54, 1.807) is 6.92 Å². The zero-order valence-electron chi connectivity index (χ0n) is 16.8. The van der Waals surface area contributed by atoms with E-state index in [9.17, 15) is 17.6 Å². The van der Waals surface area contributed by atoms with Crippen LogP contribution < -0.4 is 4.74 Å². The maximum absolute atomic E-state index is 14.8. The Morgan fingerprint density at radius 3 is 2.10 bits per heavy atom. The maximum Gasteiger partial charge on any atom is 0.201 e. The molecule has 0 unspecified atom stereocenters. The van der Waals surface area contributed by atoms with Gasteiger partial charge in [-0.15, -0.1) is 0 Å². The van der Waals surface area contributed by atoms with E-state index in [1.165, 1.54) is 43.0 Å². The van der Waals surface area contributed by atoms with Crippen molar-refractivity contribution >= 4 is 0 Å². The molecule has 1 aliphatic carbocycles. The Bertz CT molecular complexity index is 883. The summed E-state index contributed by atoms with van der Waals surface area (Å²) in [5.41, 5.74) is -0.292. The van der Waals surface area contributed by atoms with Crippen molar-refractivity contribution in [2.45, 2.75) is 58.3 Å². The minimum Gasteiger partial charge on any atom is -0.462 e. The predicted molar refractivity (Wildman–Crippen MR) is 107 cm³/mol. The lowest BCUT2D eigenvalue weighted by Gasteiger charge is -2.29. The fourth-order valence-corrected chi connectivity index (χ4v) is 4.23. The molecule has 0 radical (unpaired) electrons. The standard InChI is InChI=1S/C24H26F4O/c1-3-5-15-6-8-16(9-7-15)17-10-11-18(22(26)21(17)25)19-12-13-20(29-14-4-2)24(28)23(19)27/h4,10-16H,3,5-9H2,1-2H3. The molecule has 29 heavy (non-hydrogen) atoms. The van der Waals surface area contributed by atoms with E-state index in [0.29, 0.717) is 11.5 Å². The molecular formula is C24H26F4O. The van der Waals surface area contributed by atoms with Crippen LogP contribution in [0.25, 0.3) is 11.1 Å². The van der Waals surface area contributed by atoms with Gasteiger partial charge in [0.05, 0.1) is 6.26 Å². The zero-order valence-corrected chi connectivity index (χ0v) is 16.8. The van der Waals surface area contributed by atoms with Crippen molar-refractivity contribution in [1.82, 2.24) is 0 Å². The first kappa shape index (κ1) is 21.4. The highest BCUT2D eigenvalue weighted by Crippen LogP contribution is 2.40. The molecular weight excluding hydrogens is 380 g/mol. The van der Waals surface area contributed by atoms with Gasteiger partial charge in [0.1, 0.15) is 0 Å². The van der Waals surface area contributed by atoms with Crippen molar-refractivity contribution in [3.8, 4) is 16.9 Å². The summed E-state index contributed by atoms with van der Waals surface area (Å²) >= 11 is 0. The van der Waals surface area contributed by atoms with Crippen LogP contribution in [0.1, 0.15) is 63.9 Å². The summed E-state index contributed by atoms with van der Waals surface area (Å²) in [4.78, 5) is 0. The van der Waals surface area contributed by atoms with Gasteiger partial charge < -0.3 is 4.74 Å². The first-order valence-corrected chi connectivity index (χ1v) is 10.2. The van der Waals surface area contributed by atoms with Crippen LogP contribution in [-0.2, 0) is 0 Å². The van der Waals surface area contributed by atoms with Gasteiger partial charge in [-0.05, 0) is 62.1 Å². The summed E-state index contributed by atoms with van der Waals surface area (Å²) in [7, 11) is 0. The summed E-state index contributed by atoms with van der Waals surface area (Å²) in [6.45, 7) is 3.82. The lowest BCUT2D eigenvalue weighted by Crippen LogP contribution is -2.15. The second-order valence-corrected chi connectivity index (χ2v) is 7.66. The van der Waals surface area contributed by atoms with Gasteiger partial charge >= 0.3 is 0 Å². The van der Waals surface area contributed by atoms with E-state index in [1.807, 2.05) is 0 Å². The Morgan fingerprint density at radius 2 is 1.48 bits per heavy atom. The topological polar surface area (TPSA) is 9.23 Å². The van der Waals surface area contributed by atoms with Crippen molar-refractivity contribution in [1.29, 1.82) is 0 Å². The van der Waals surface area contributed by atoms with Crippen molar-refractivity contribution < 1.29 is 22.3 Å². The van der Waals surface area contributed by atoms with E-state index in [4.69, 9.17) is 4.74 Å². The Labute approximate surface area is 169 Å². The molecule has 0 spiro atoms. The van der Waals surface area contributed by atoms with Gasteiger partial charge in [0.25, 0.3) is 0 Å². The van der Waals surface area contributed by atoms with Gasteiger partial charge in [-0.1, -0.05) is 38.0 Å². The van der Waals surface area contributed by atoms with E-state index in [2.05, 4.69) is 6.92 Å². The third-order valence-electron chi connectivity index (χ3n) is 5.76. The van der Waals surface area contributed by atoms with Crippen LogP contribution in [0.5, 0.6) is 5.75 Å². The molecule has 0 amide bonds. The molecule has 0 atom stereocenters. The van der Waals surface area contributed by atoms with Gasteiger partial charge in [-0.25, -0.2) is 13.2 Å². The zero-order chi connectivity index (χ0) is 21.0. The molecule has 5 heteroatoms. The van der Waals surface area contributed by atoms with E-state index < -0.39 is 23.3 Å². The third-order valence-corrected chi connectivity index (χ3v) is 5.76. The van der Waals surface area contributed by atoms with Crippen molar-refractivity contribution in [3.63, 3.8) is 0 Å². The quantitative estimate of drug-likeness (QED) is 0.350. The molecule has 2 aromatic rings. The van der Waals surface area contributed by atoms with Crippen LogP contribution in [0.2, 0.25) is 0 Å². The number of halogens is 4. The van der Waals surface area contributed by atoms with Crippen LogP contribution in [0.15, 0.2) is 36.6 Å². The molecule has 1 aliphatic rings. The summed E-state index contributed by atoms with van der Waals surface area (Å²) < 4.78 is 63.3. The second kappa shape index (κ2) is 9.47. The predicted octanol–water partition coefficient (Wildman–Crippen LogP) is 7.90. The lowest BCUT2D eigenvalue weighted by molar-refractivity contribution is 0.303. The fourth-order valence-electron chi connectivity index (χ4n) is 4.23. The highest BCUT2D eigenvalue weighted by atomic mass is 19.2. The minimum absolute atomic E-state index is 0.0372. The highest BCUT2D eigenvalue weighted by Gasteiger charge is 2.27. The minimum atomic E-state index is -1.27. The summed E-state index contributed by atoms with van der Waals surface area (Å²) in [6, 6.07) is 5.26. The average Bonchev–Trinajstić information content (AvgIpc) is 2.73. The molecule has 1 fully saturated rings. The first-order valence-electron chi connectivity index (χ1n) is 10.2. The number of hydrogen-bond acceptors (Lipinski definition) is 1. The number of benzene rings is 2. The van der Waals surface area contributed by atoms with Gasteiger partial charge in [0.2, 0.25) is 5.82 Å². The maximum atomic E-state index is 14.8. The van der Waals surface area contributed by atoms with Gasteiger partial charge in [-0.3, -0.25) is 0 Å². The van der Waals surface area contributed by atoms with E-state index in [0.717, 1.165) is 32.1 Å². The summed E-state index contributed by atoms with van der Waals surface area (Å²) in [5, 5.41) is 0. The normalized spacial score (nSPS) is 19.7. The molecule has 0 bridgehead atoms. The summed E-state index contributed by atoms with van der Waals surface area (Å²) in [6.07, 6.45) is 8.69. The van der Waals surface area contributed by atoms with Crippen LogP contribution in [0, 0.1) is 29.2 Å². The largest absolute Gasteiger partial charge is 0.462 e. The molecule has 3 rings (SSSR count). The smallest absolute Gasteiger partial charge is 0.201 e. The SMILES string of the molecule is CC=COc1ccc(-c2ccc(C3CCC(CCC)CC3)c(F)c2F)c(F)c1F. The van der Waals surface area contributed by atoms with Gasteiger partial charge in [-0.2, -0.15) is 4.39 Å². The van der Waals surface area contributed by atoms with Crippen LogP contribution in [-0.4, -0.2) is 0 Å². The van der Waals surface area contributed by atoms with E-state index in [-0.39, 0.29) is 22.8 Å². The monoisotopic (exact) mass is 406 g/mol. The Hall–Kier alpha value is -2.30. The van der Waals surface area contributed by atoms with Crippen LogP contribution in [0.3, 0.4) is 0 Å². The van der Waals surface area contributed by atoms with Gasteiger partial charge in [0, 0.05) is 11.1 Å². The molecule has 1 saturated carbocycles. The molecule has 0 N–H and O–H groups in total. The van der Waals surface area contributed by atoms with Crippen molar-refractivity contribution in [2.75, 3.05) is 0 Å². The molecule has 2 aromatic carbocycles. The molecule has 0 saturated heterocycles. The van der Waals surface area contributed by atoms with E-state index >= 15 is 0 Å². The lowest BCUT2D eigenvalue weighted by atomic mass is 9.77. The fraction of sp³-hybridized carbons (Fsp3) is 0.417. The molecule has 156 valence electrons. The van der Waals surface area contributed by atoms with Gasteiger partial charge in [0.15, 0.2) is 23.2 Å². The van der Waals surface area contributed by atoms with Crippen molar-refractivity contribution in [3.05, 3.63) is 65.4 Å². The molecule has 0 heterocycles. The Morgan fingerprint density at radius 1 is 0.862 bits per heavy atom. The Kier molecular flexibility index (Phi) is 6.99. The Balaban J connectivity index is 1.88. The second-order valence-electron chi connectivity index (χ2n) is 7.66. The van der Waals surface area contributed by atoms with Crippen LogP contribution >= 0.6 is 0 Å². The van der Waals surface area contributed by atoms with Crippen molar-refractivity contribution in [2.24, 2.45) is 5.92 Å². The van der Waals surface area contributed by atoms with Crippen LogP contribution in [0.4, 0.5) is 17.6 Å². The number of rotatable bonds is 6. The number of ether oxygens (including phenoxy) is 1. The summed E-state index contributed by atoms with van der Waals surface area (Å²) in [5.74, 6) is -4.30. The number of allylic oxidation sites excluding steroid dienone is 1. The first-order chi connectivity index (χ1) is 14.0. The number of hydrogen-bond donors (Lipinski definition) is 0. The molecule has 0 aromatic heterocycles.